The second kappa shape index (κ2) is 80.5. The van der Waals surface area contributed by atoms with E-state index in [1.54, 1.807) is 0 Å². The normalized spacial score (nSPS) is 0. The Morgan fingerprint density at radius 1 is 0.333 bits per heavy atom. The Kier molecular flexibility index (Phi) is 1730. The molecule has 0 fully saturated rings. The molecule has 0 aliphatic carbocycles. The van der Waals surface area contributed by atoms with Crippen LogP contribution in [0.25, 0.3) is 0 Å². The summed E-state index contributed by atoms with van der Waals surface area (Å²) in [4.78, 5) is 0. The maximum Gasteiger partial charge on any atom is 4.00 e. The quantitative estimate of drug-likeness (QED) is 0.549. The van der Waals surface area contributed by atoms with E-state index in [9.17, 15) is 0 Å². The first-order valence-electron chi connectivity index (χ1n) is 0. The van der Waals surface area contributed by atoms with Crippen molar-refractivity contribution in [3.8, 4) is 0 Å². The molecule has 6 heteroatoms. The van der Waals surface area contributed by atoms with E-state index in [-0.39, 0.29) is 74.3 Å². The van der Waals surface area contributed by atoms with E-state index >= 15 is 0 Å². The maximum atomic E-state index is 0. The van der Waals surface area contributed by atoms with Gasteiger partial charge in [-0.3, -0.25) is 0 Å². The molecule has 0 amide bonds. The SMILES string of the molecule is [O-2].[O-2].[O-2].[O-2].[Zr+4].[Zr+4]. The molecule has 0 saturated heterocycles. The molecular formula is O4Zr2. The van der Waals surface area contributed by atoms with Crippen LogP contribution in [0.3, 0.4) is 0 Å². The van der Waals surface area contributed by atoms with E-state index in [2.05, 4.69) is 0 Å². The molecular weight excluding hydrogens is 246 g/mol. The number of rotatable bonds is 0. The summed E-state index contributed by atoms with van der Waals surface area (Å²) >= 11 is 0. The van der Waals surface area contributed by atoms with Gasteiger partial charge in [-0.1, -0.05) is 0 Å². The van der Waals surface area contributed by atoms with Crippen molar-refractivity contribution in [1.29, 1.82) is 0 Å². The Labute approximate surface area is 73.8 Å². The molecule has 0 aromatic rings. The monoisotopic (exact) mass is 244 g/mol. The van der Waals surface area contributed by atoms with Gasteiger partial charge in [0, 0.05) is 0 Å². The zero-order chi connectivity index (χ0) is 0. The summed E-state index contributed by atoms with van der Waals surface area (Å²) in [5.74, 6) is 0. The second-order valence-electron chi connectivity index (χ2n) is 0. The predicted octanol–water partition coefficient (Wildman–Crippen LogP) is -0.480. The molecule has 0 spiro atoms. The molecule has 0 aromatic heterocycles. The third-order valence-corrected chi connectivity index (χ3v) is 0. The molecule has 0 rings (SSSR count). The van der Waals surface area contributed by atoms with Crippen molar-refractivity contribution >= 4 is 0 Å². The molecule has 0 aliphatic heterocycles. The van der Waals surface area contributed by atoms with Crippen LogP contribution in [0.15, 0.2) is 0 Å². The Morgan fingerprint density at radius 3 is 0.333 bits per heavy atom. The van der Waals surface area contributed by atoms with Crippen LogP contribution in [0, 0.1) is 0 Å². The molecule has 0 bridgehead atoms. The van der Waals surface area contributed by atoms with Crippen LogP contribution < -0.4 is 0 Å². The molecule has 0 unspecified atom stereocenters. The van der Waals surface area contributed by atoms with Crippen molar-refractivity contribution in [3.63, 3.8) is 0 Å². The van der Waals surface area contributed by atoms with Gasteiger partial charge in [0.05, 0.1) is 0 Å². The minimum atomic E-state index is 0. The average Bonchev–Trinajstić information content (AvgIpc) is 0. The smallest absolute Gasteiger partial charge is 2.00 e. The first kappa shape index (κ1) is 129. The van der Waals surface area contributed by atoms with Crippen molar-refractivity contribution in [2.75, 3.05) is 0 Å². The van der Waals surface area contributed by atoms with E-state index in [0.717, 1.165) is 0 Å². The molecule has 0 atom stereocenters. The Balaban J connectivity index is 0. The zero-order valence-corrected chi connectivity index (χ0v) is 7.55. The minimum absolute atomic E-state index is 0. The second-order valence-corrected chi connectivity index (χ2v) is 0. The Morgan fingerprint density at radius 2 is 0.333 bits per heavy atom. The van der Waals surface area contributed by atoms with Gasteiger partial charge < -0.3 is 21.9 Å². The van der Waals surface area contributed by atoms with E-state index in [0.29, 0.717) is 0 Å². The van der Waals surface area contributed by atoms with Crippen LogP contribution in [0.1, 0.15) is 0 Å². The van der Waals surface area contributed by atoms with E-state index in [1.807, 2.05) is 0 Å². The fourth-order valence-electron chi connectivity index (χ4n) is 0. The largest absolute Gasteiger partial charge is 4.00 e. The Bertz CT molecular complexity index is 5.51. The van der Waals surface area contributed by atoms with Gasteiger partial charge >= 0.3 is 52.4 Å². The summed E-state index contributed by atoms with van der Waals surface area (Å²) in [6.45, 7) is 0. The van der Waals surface area contributed by atoms with Crippen LogP contribution in [0.2, 0.25) is 0 Å². The van der Waals surface area contributed by atoms with Gasteiger partial charge in [-0.2, -0.15) is 0 Å². The summed E-state index contributed by atoms with van der Waals surface area (Å²) < 4.78 is 0. The number of hydrogen-bond acceptors (Lipinski definition) is 0. The van der Waals surface area contributed by atoms with Crippen LogP contribution >= 0.6 is 0 Å². The summed E-state index contributed by atoms with van der Waals surface area (Å²) in [6, 6.07) is 0. The fourth-order valence-corrected chi connectivity index (χ4v) is 0. The summed E-state index contributed by atoms with van der Waals surface area (Å²) in [6.07, 6.45) is 0. The molecule has 0 radical (unpaired) electrons. The molecule has 0 aromatic carbocycles. The van der Waals surface area contributed by atoms with E-state index < -0.39 is 0 Å². The van der Waals surface area contributed by atoms with E-state index in [4.69, 9.17) is 0 Å². The van der Waals surface area contributed by atoms with Crippen LogP contribution in [-0.2, 0) is 74.3 Å². The first-order valence-corrected chi connectivity index (χ1v) is 0. The van der Waals surface area contributed by atoms with Gasteiger partial charge in [0.2, 0.25) is 0 Å². The van der Waals surface area contributed by atoms with Crippen LogP contribution in [0.5, 0.6) is 0 Å². The van der Waals surface area contributed by atoms with Gasteiger partial charge in [-0.15, -0.1) is 0 Å². The molecule has 0 saturated carbocycles. The first-order chi connectivity index (χ1) is 0. The predicted molar refractivity (Wildman–Crippen MR) is 2.75 cm³/mol. The molecule has 4 nitrogen and oxygen atoms in total. The third-order valence-electron chi connectivity index (χ3n) is 0. The van der Waals surface area contributed by atoms with Crippen LogP contribution in [-0.4, -0.2) is 0 Å². The maximum absolute atomic E-state index is 0. The molecule has 6 heavy (non-hydrogen) atoms. The van der Waals surface area contributed by atoms with E-state index in [1.165, 1.54) is 0 Å². The average molecular weight is 246 g/mol. The fraction of sp³-hybridized carbons (Fsp3) is 0. The molecule has 0 aliphatic rings. The van der Waals surface area contributed by atoms with Gasteiger partial charge in [-0.25, -0.2) is 0 Å². The summed E-state index contributed by atoms with van der Waals surface area (Å²) in [5.41, 5.74) is 0. The summed E-state index contributed by atoms with van der Waals surface area (Å²) in [7, 11) is 0. The van der Waals surface area contributed by atoms with Crippen molar-refractivity contribution in [1.82, 2.24) is 0 Å². The standard InChI is InChI=1S/4O.2Zr/q4*-2;2*+4. The van der Waals surface area contributed by atoms with Crippen molar-refractivity contribution in [3.05, 3.63) is 0 Å². The molecule has 0 N–H and O–H groups in total. The molecule has 32 valence electrons. The van der Waals surface area contributed by atoms with Crippen molar-refractivity contribution in [2.24, 2.45) is 0 Å². The van der Waals surface area contributed by atoms with Crippen molar-refractivity contribution in [2.45, 2.75) is 0 Å². The minimum Gasteiger partial charge on any atom is -2.00 e. The third kappa shape index (κ3) is 46.1. The molecule has 0 heterocycles. The van der Waals surface area contributed by atoms with Gasteiger partial charge in [-0.05, 0) is 0 Å². The van der Waals surface area contributed by atoms with Crippen LogP contribution in [0.4, 0.5) is 0 Å². The van der Waals surface area contributed by atoms with Gasteiger partial charge in [0.1, 0.15) is 0 Å². The van der Waals surface area contributed by atoms with Gasteiger partial charge in [0.25, 0.3) is 0 Å². The van der Waals surface area contributed by atoms with Gasteiger partial charge in [0.15, 0.2) is 0 Å². The number of hydrogen-bond donors (Lipinski definition) is 0. The van der Waals surface area contributed by atoms with Crippen molar-refractivity contribution < 1.29 is 74.3 Å². The Hall–Kier alpha value is 1.61. The topological polar surface area (TPSA) is 114 Å². The summed E-state index contributed by atoms with van der Waals surface area (Å²) in [5, 5.41) is 0. The zero-order valence-electron chi connectivity index (χ0n) is 2.63.